The molecule has 0 amide bonds. The third-order valence-corrected chi connectivity index (χ3v) is 3.89. The van der Waals surface area contributed by atoms with Gasteiger partial charge in [-0.3, -0.25) is 4.79 Å². The number of carbonyl (C=O) groups is 1. The number of esters is 1. The quantitative estimate of drug-likeness (QED) is 0.612. The van der Waals surface area contributed by atoms with Gasteiger partial charge in [0, 0.05) is 7.11 Å². The van der Waals surface area contributed by atoms with Crippen LogP contribution in [0.2, 0.25) is 0 Å². The normalized spacial score (nSPS) is 14.2. The van der Waals surface area contributed by atoms with Crippen LogP contribution in [0.5, 0.6) is 0 Å². The number of methoxy groups -OCH3 is 1. The van der Waals surface area contributed by atoms with Gasteiger partial charge in [0.1, 0.15) is 0 Å². The molecule has 1 rings (SSSR count). The molecule has 1 aromatic rings. The molecule has 0 aromatic heterocycles. The van der Waals surface area contributed by atoms with Crippen molar-refractivity contribution in [3.63, 3.8) is 0 Å². The van der Waals surface area contributed by atoms with E-state index < -0.39 is 11.7 Å². The average molecular weight is 346 g/mol. The highest BCUT2D eigenvalue weighted by atomic mass is 19.4. The third kappa shape index (κ3) is 7.34. The molecule has 0 saturated carbocycles. The van der Waals surface area contributed by atoms with Crippen molar-refractivity contribution in [1.29, 1.82) is 0 Å². The second-order valence-electron chi connectivity index (χ2n) is 5.95. The van der Waals surface area contributed by atoms with Gasteiger partial charge in [0.2, 0.25) is 0 Å². The Labute approximate surface area is 141 Å². The fourth-order valence-corrected chi connectivity index (χ4v) is 2.54. The van der Waals surface area contributed by atoms with E-state index in [9.17, 15) is 18.0 Å². The van der Waals surface area contributed by atoms with Gasteiger partial charge in [-0.2, -0.15) is 13.2 Å². The van der Waals surface area contributed by atoms with Crippen LogP contribution in [0.3, 0.4) is 0 Å². The topological polar surface area (TPSA) is 35.5 Å². The van der Waals surface area contributed by atoms with Crippen molar-refractivity contribution in [3.05, 3.63) is 35.4 Å². The maximum Gasteiger partial charge on any atom is 0.416 e. The first-order chi connectivity index (χ1) is 11.3. The third-order valence-electron chi connectivity index (χ3n) is 3.89. The Morgan fingerprint density at radius 2 is 1.83 bits per heavy atom. The van der Waals surface area contributed by atoms with Crippen molar-refractivity contribution in [1.82, 2.24) is 0 Å². The summed E-state index contributed by atoms with van der Waals surface area (Å²) in [4.78, 5) is 11.6. The number of ether oxygens (including phenoxy) is 2. The molecule has 2 unspecified atom stereocenters. The fraction of sp³-hybridized carbons (Fsp3) is 0.611. The predicted octanol–water partition coefficient (Wildman–Crippen LogP) is 4.63. The van der Waals surface area contributed by atoms with E-state index in [4.69, 9.17) is 9.47 Å². The molecule has 0 aliphatic rings. The number of alkyl halides is 3. The average Bonchev–Trinajstić information content (AvgIpc) is 2.51. The van der Waals surface area contributed by atoms with Crippen LogP contribution in [0.25, 0.3) is 0 Å². The summed E-state index contributed by atoms with van der Waals surface area (Å²) in [7, 11) is 1.52. The van der Waals surface area contributed by atoms with Gasteiger partial charge in [0.05, 0.1) is 24.7 Å². The molecule has 0 radical (unpaired) electrons. The van der Waals surface area contributed by atoms with Gasteiger partial charge in [0.25, 0.3) is 0 Å². The van der Waals surface area contributed by atoms with Crippen LogP contribution < -0.4 is 0 Å². The molecule has 0 aliphatic carbocycles. The predicted molar refractivity (Wildman–Crippen MR) is 85.6 cm³/mol. The van der Waals surface area contributed by atoms with Crippen LogP contribution in [0.1, 0.15) is 44.2 Å². The van der Waals surface area contributed by atoms with E-state index in [1.807, 2.05) is 13.8 Å². The summed E-state index contributed by atoms with van der Waals surface area (Å²) in [5.41, 5.74) is 0.215. The summed E-state index contributed by atoms with van der Waals surface area (Å²) in [6.45, 7) is 4.18. The lowest BCUT2D eigenvalue weighted by Gasteiger charge is -2.20. The fourth-order valence-electron chi connectivity index (χ4n) is 2.54. The van der Waals surface area contributed by atoms with Crippen LogP contribution in [0, 0.1) is 5.92 Å². The Morgan fingerprint density at radius 3 is 2.33 bits per heavy atom. The Hall–Kier alpha value is -1.56. The highest BCUT2D eigenvalue weighted by Gasteiger charge is 2.30. The monoisotopic (exact) mass is 346 g/mol. The molecule has 136 valence electrons. The zero-order chi connectivity index (χ0) is 18.2. The molecule has 1 aromatic carbocycles. The van der Waals surface area contributed by atoms with Crippen LogP contribution in [0.4, 0.5) is 13.2 Å². The summed E-state index contributed by atoms with van der Waals surface area (Å²) >= 11 is 0. The molecule has 2 atom stereocenters. The van der Waals surface area contributed by atoms with Crippen molar-refractivity contribution >= 4 is 5.97 Å². The minimum Gasteiger partial charge on any atom is -0.463 e. The van der Waals surface area contributed by atoms with E-state index in [1.165, 1.54) is 19.2 Å². The van der Waals surface area contributed by atoms with Gasteiger partial charge in [0.15, 0.2) is 0 Å². The lowest BCUT2D eigenvalue weighted by Crippen LogP contribution is -2.20. The maximum atomic E-state index is 12.6. The summed E-state index contributed by atoms with van der Waals surface area (Å²) in [6, 6.07) is 5.24. The summed E-state index contributed by atoms with van der Waals surface area (Å²) in [5, 5.41) is 0. The molecule has 0 fully saturated rings. The minimum atomic E-state index is -4.31. The molecule has 3 nitrogen and oxygen atoms in total. The number of halogens is 3. The van der Waals surface area contributed by atoms with Crippen molar-refractivity contribution in [2.45, 2.75) is 51.8 Å². The lowest BCUT2D eigenvalue weighted by molar-refractivity contribution is -0.150. The second kappa shape index (κ2) is 9.67. The number of hydrogen-bond donors (Lipinski definition) is 0. The Bertz CT molecular complexity index is 497. The van der Waals surface area contributed by atoms with Crippen molar-refractivity contribution < 1.29 is 27.4 Å². The number of benzene rings is 1. The molecule has 6 heteroatoms. The van der Waals surface area contributed by atoms with E-state index in [0.29, 0.717) is 19.4 Å². The molecular formula is C18H25F3O3. The first-order valence-electron chi connectivity index (χ1n) is 8.10. The molecule has 0 saturated heterocycles. The van der Waals surface area contributed by atoms with Gasteiger partial charge in [-0.25, -0.2) is 0 Å². The first-order valence-corrected chi connectivity index (χ1v) is 8.10. The zero-order valence-corrected chi connectivity index (χ0v) is 14.4. The van der Waals surface area contributed by atoms with Gasteiger partial charge in [-0.05, 0) is 43.4 Å². The maximum absolute atomic E-state index is 12.6. The zero-order valence-electron chi connectivity index (χ0n) is 14.4. The molecule has 0 spiro atoms. The highest BCUT2D eigenvalue weighted by Crippen LogP contribution is 2.29. The van der Waals surface area contributed by atoms with Crippen LogP contribution in [0.15, 0.2) is 24.3 Å². The molecular weight excluding hydrogens is 321 g/mol. The van der Waals surface area contributed by atoms with Gasteiger partial charge in [-0.1, -0.05) is 25.5 Å². The van der Waals surface area contributed by atoms with Crippen molar-refractivity contribution in [2.24, 2.45) is 5.92 Å². The van der Waals surface area contributed by atoms with Crippen LogP contribution in [-0.2, 0) is 26.9 Å². The molecule has 24 heavy (non-hydrogen) atoms. The lowest BCUT2D eigenvalue weighted by atomic mass is 9.91. The minimum absolute atomic E-state index is 0.219. The van der Waals surface area contributed by atoms with E-state index in [-0.39, 0.29) is 24.4 Å². The SMILES string of the molecule is CCC(Cc1ccc(C(F)(F)F)cc1)CC(C)OC(=O)CCOC. The van der Waals surface area contributed by atoms with E-state index in [0.717, 1.165) is 24.1 Å². The van der Waals surface area contributed by atoms with Crippen LogP contribution in [-0.4, -0.2) is 25.8 Å². The summed E-state index contributed by atoms with van der Waals surface area (Å²) < 4.78 is 47.9. The van der Waals surface area contributed by atoms with Crippen molar-refractivity contribution in [3.8, 4) is 0 Å². The molecule has 0 bridgehead atoms. The second-order valence-corrected chi connectivity index (χ2v) is 5.95. The van der Waals surface area contributed by atoms with Crippen molar-refractivity contribution in [2.75, 3.05) is 13.7 Å². The Balaban J connectivity index is 2.53. The van der Waals surface area contributed by atoms with E-state index in [2.05, 4.69) is 0 Å². The van der Waals surface area contributed by atoms with E-state index in [1.54, 1.807) is 0 Å². The standard InChI is InChI=1S/C18H25F3O3/c1-4-14(11-13(2)24-17(22)9-10-23-3)12-15-5-7-16(8-6-15)18(19,20)21/h5-8,13-14H,4,9-12H2,1-3H3. The van der Waals surface area contributed by atoms with Gasteiger partial charge in [-0.15, -0.1) is 0 Å². The number of carbonyl (C=O) groups excluding carboxylic acids is 1. The Morgan fingerprint density at radius 1 is 1.21 bits per heavy atom. The molecule has 0 aliphatic heterocycles. The summed E-state index contributed by atoms with van der Waals surface area (Å²) in [5.74, 6) is -0.0549. The first kappa shape index (κ1) is 20.5. The number of rotatable bonds is 9. The van der Waals surface area contributed by atoms with Gasteiger partial charge < -0.3 is 9.47 Å². The Kier molecular flexibility index (Phi) is 8.25. The van der Waals surface area contributed by atoms with E-state index >= 15 is 0 Å². The van der Waals surface area contributed by atoms with Crippen LogP contribution >= 0.6 is 0 Å². The molecule has 0 N–H and O–H groups in total. The number of hydrogen-bond acceptors (Lipinski definition) is 3. The smallest absolute Gasteiger partial charge is 0.416 e. The highest BCUT2D eigenvalue weighted by molar-refractivity contribution is 5.69. The van der Waals surface area contributed by atoms with Gasteiger partial charge >= 0.3 is 12.1 Å². The molecule has 0 heterocycles. The largest absolute Gasteiger partial charge is 0.463 e. The summed E-state index contributed by atoms with van der Waals surface area (Å²) in [6.07, 6.45) is -2.12.